The maximum atomic E-state index is 14.7. The van der Waals surface area contributed by atoms with Crippen LogP contribution in [0.5, 0.6) is 5.75 Å². The molecule has 2 rings (SSSR count). The maximum absolute atomic E-state index is 14.7. The molecular weight excluding hydrogens is 519 g/mol. The van der Waals surface area contributed by atoms with Crippen LogP contribution in [0.4, 0.5) is 4.39 Å². The summed E-state index contributed by atoms with van der Waals surface area (Å²) in [6.45, 7) is 15.4. The molecule has 0 aliphatic rings. The zero-order valence-corrected chi connectivity index (χ0v) is 23.6. The molecule has 214 valence electrons. The summed E-state index contributed by atoms with van der Waals surface area (Å²) in [4.78, 5) is 48.3. The third kappa shape index (κ3) is 10.1. The quantitative estimate of drug-likeness (QED) is 0.107. The smallest absolute Gasteiger partial charge is 0.338 e. The van der Waals surface area contributed by atoms with Gasteiger partial charge in [0.2, 0.25) is 0 Å². The Morgan fingerprint density at radius 1 is 0.800 bits per heavy atom. The summed E-state index contributed by atoms with van der Waals surface area (Å²) in [5.74, 6) is -3.36. The van der Waals surface area contributed by atoms with Crippen LogP contribution in [0.3, 0.4) is 0 Å². The second-order valence-corrected chi connectivity index (χ2v) is 10.4. The van der Waals surface area contributed by atoms with E-state index in [2.05, 4.69) is 13.2 Å². The van der Waals surface area contributed by atoms with E-state index in [0.29, 0.717) is 16.7 Å². The van der Waals surface area contributed by atoms with Crippen LogP contribution in [0.15, 0.2) is 60.7 Å². The lowest BCUT2D eigenvalue weighted by atomic mass is 9.93. The second-order valence-electron chi connectivity index (χ2n) is 10.4. The molecule has 0 atom stereocenters. The molecule has 0 heterocycles. The lowest BCUT2D eigenvalue weighted by Gasteiger charge is -2.16. The van der Waals surface area contributed by atoms with Gasteiger partial charge in [-0.1, -0.05) is 52.1 Å². The highest BCUT2D eigenvalue weighted by atomic mass is 19.1. The van der Waals surface area contributed by atoms with Gasteiger partial charge in [-0.05, 0) is 54.2 Å². The summed E-state index contributed by atoms with van der Waals surface area (Å²) in [6, 6.07) is 8.87. The highest BCUT2D eigenvalue weighted by molar-refractivity contribution is 5.92. The predicted octanol–water partition coefficient (Wildman–Crippen LogP) is 5.77. The van der Waals surface area contributed by atoms with E-state index in [4.69, 9.17) is 18.9 Å². The monoisotopic (exact) mass is 554 g/mol. The van der Waals surface area contributed by atoms with E-state index in [0.717, 1.165) is 0 Å². The number of carbonyl (C=O) groups is 4. The van der Waals surface area contributed by atoms with Crippen LogP contribution in [0.1, 0.15) is 57.0 Å². The zero-order valence-electron chi connectivity index (χ0n) is 23.6. The van der Waals surface area contributed by atoms with E-state index in [1.807, 2.05) is 20.8 Å². The second kappa shape index (κ2) is 14.2. The van der Waals surface area contributed by atoms with Crippen LogP contribution in [0.2, 0.25) is 0 Å². The predicted molar refractivity (Wildman–Crippen MR) is 147 cm³/mol. The third-order valence-electron chi connectivity index (χ3n) is 5.35. The van der Waals surface area contributed by atoms with Gasteiger partial charge in [0.15, 0.2) is 11.6 Å². The van der Waals surface area contributed by atoms with Crippen molar-refractivity contribution < 1.29 is 42.5 Å². The van der Waals surface area contributed by atoms with Gasteiger partial charge in [0, 0.05) is 17.6 Å². The Hall–Kier alpha value is -4.27. The molecule has 0 spiro atoms. The molecule has 2 aromatic carbocycles. The average molecular weight is 555 g/mol. The lowest BCUT2D eigenvalue weighted by Crippen LogP contribution is -2.19. The van der Waals surface area contributed by atoms with Gasteiger partial charge in [-0.25, -0.2) is 18.8 Å². The fraction of sp³-hybridized carbons (Fsp3) is 0.355. The summed E-state index contributed by atoms with van der Waals surface area (Å²) in [7, 11) is 0. The van der Waals surface area contributed by atoms with Crippen LogP contribution >= 0.6 is 0 Å². The molecule has 9 heteroatoms. The first-order valence-corrected chi connectivity index (χ1v) is 12.6. The topological polar surface area (TPSA) is 105 Å². The van der Waals surface area contributed by atoms with Crippen LogP contribution in [-0.4, -0.2) is 43.7 Å². The highest BCUT2D eigenvalue weighted by Crippen LogP contribution is 2.28. The van der Waals surface area contributed by atoms with Gasteiger partial charge in [-0.15, -0.1) is 0 Å². The van der Waals surface area contributed by atoms with Gasteiger partial charge < -0.3 is 18.9 Å². The van der Waals surface area contributed by atoms with E-state index in [-0.39, 0.29) is 66.5 Å². The number of ether oxygens (including phenoxy) is 4. The van der Waals surface area contributed by atoms with Gasteiger partial charge in [0.1, 0.15) is 13.2 Å². The van der Waals surface area contributed by atoms with Crippen LogP contribution < -0.4 is 4.74 Å². The zero-order chi connectivity index (χ0) is 30.0. The Morgan fingerprint density at radius 2 is 1.40 bits per heavy atom. The number of hydrogen-bond donors (Lipinski definition) is 0. The van der Waals surface area contributed by atoms with E-state index in [9.17, 15) is 23.6 Å². The summed E-state index contributed by atoms with van der Waals surface area (Å²) in [6.07, 6.45) is 0.391. The Morgan fingerprint density at radius 3 is 2.00 bits per heavy atom. The van der Waals surface area contributed by atoms with Crippen molar-refractivity contribution in [3.8, 4) is 16.9 Å². The summed E-state index contributed by atoms with van der Waals surface area (Å²) in [5.41, 5.74) is 1.85. The lowest BCUT2D eigenvalue weighted by molar-refractivity contribution is -0.146. The fourth-order valence-electron chi connectivity index (χ4n) is 3.36. The van der Waals surface area contributed by atoms with Gasteiger partial charge in [0.25, 0.3) is 0 Å². The number of hydrogen-bond acceptors (Lipinski definition) is 8. The van der Waals surface area contributed by atoms with Crippen molar-refractivity contribution in [2.75, 3.05) is 19.8 Å². The minimum absolute atomic E-state index is 0.0377. The molecule has 0 unspecified atom stereocenters. The minimum atomic E-state index is -0.756. The highest BCUT2D eigenvalue weighted by Gasteiger charge is 2.19. The molecule has 40 heavy (non-hydrogen) atoms. The number of benzene rings is 2. The van der Waals surface area contributed by atoms with Crippen LogP contribution in [0.25, 0.3) is 11.1 Å². The van der Waals surface area contributed by atoms with Gasteiger partial charge >= 0.3 is 23.9 Å². The summed E-state index contributed by atoms with van der Waals surface area (Å²) in [5, 5.41) is 0. The Labute approximate surface area is 233 Å². The molecule has 8 nitrogen and oxygen atoms in total. The molecule has 0 fully saturated rings. The molecule has 0 amide bonds. The largest absolute Gasteiger partial charge is 0.462 e. The van der Waals surface area contributed by atoms with Crippen molar-refractivity contribution in [1.29, 1.82) is 0 Å². The van der Waals surface area contributed by atoms with Crippen molar-refractivity contribution in [3.63, 3.8) is 0 Å². The molecule has 0 aliphatic heterocycles. The van der Waals surface area contributed by atoms with Crippen molar-refractivity contribution in [2.24, 2.45) is 5.41 Å². The van der Waals surface area contributed by atoms with E-state index < -0.39 is 23.7 Å². The van der Waals surface area contributed by atoms with Crippen molar-refractivity contribution >= 4 is 23.9 Å². The minimum Gasteiger partial charge on any atom is -0.462 e. The molecule has 0 bridgehead atoms. The first kappa shape index (κ1) is 31.9. The molecule has 0 radical (unpaired) electrons. The number of halogens is 1. The number of rotatable bonds is 12. The standard InChI is InChI=1S/C31H35FO8/c1-19(2)28(34)38-13-12-23-16-21(22-9-11-26(25(32)17-22)40-29(35)20(3)4)8-10-24(23)30(36)39-15-14-37-27(33)18-31(5,6)7/h8-11,16-17H,1,3,12-15,18H2,2,4-7H3. The Kier molecular flexibility index (Phi) is 11.3. The van der Waals surface area contributed by atoms with Crippen LogP contribution in [-0.2, 0) is 35.0 Å². The molecule has 0 saturated heterocycles. The van der Waals surface area contributed by atoms with Crippen molar-refractivity contribution in [3.05, 3.63) is 77.6 Å². The van der Waals surface area contributed by atoms with Crippen molar-refractivity contribution in [1.82, 2.24) is 0 Å². The summed E-state index contributed by atoms with van der Waals surface area (Å²) >= 11 is 0. The molecule has 2 aromatic rings. The number of esters is 4. The van der Waals surface area contributed by atoms with E-state index >= 15 is 0 Å². The number of carbonyl (C=O) groups excluding carboxylic acids is 4. The van der Waals surface area contributed by atoms with Crippen LogP contribution in [0, 0.1) is 11.2 Å². The Balaban J connectivity index is 2.21. The molecular formula is C31H35FO8. The first-order valence-electron chi connectivity index (χ1n) is 12.6. The molecule has 0 aliphatic carbocycles. The molecule has 0 saturated carbocycles. The van der Waals surface area contributed by atoms with Gasteiger partial charge in [-0.2, -0.15) is 0 Å². The van der Waals surface area contributed by atoms with Gasteiger partial charge in [0.05, 0.1) is 18.6 Å². The normalized spacial score (nSPS) is 10.8. The van der Waals surface area contributed by atoms with Crippen molar-refractivity contribution in [2.45, 2.75) is 47.5 Å². The maximum Gasteiger partial charge on any atom is 0.338 e. The van der Waals surface area contributed by atoms with E-state index in [1.54, 1.807) is 18.2 Å². The SMILES string of the molecule is C=C(C)C(=O)OCCc1cc(-c2ccc(OC(=O)C(=C)C)c(F)c2)ccc1C(=O)OCCOC(=O)CC(C)(C)C. The van der Waals surface area contributed by atoms with E-state index in [1.165, 1.54) is 32.0 Å². The van der Waals surface area contributed by atoms with Gasteiger partial charge in [-0.3, -0.25) is 4.79 Å². The fourth-order valence-corrected chi connectivity index (χ4v) is 3.36. The molecule has 0 N–H and O–H groups in total. The average Bonchev–Trinajstić information content (AvgIpc) is 2.86. The molecule has 0 aromatic heterocycles. The Bertz CT molecular complexity index is 1300. The first-order chi connectivity index (χ1) is 18.7. The third-order valence-corrected chi connectivity index (χ3v) is 5.35. The summed E-state index contributed by atoms with van der Waals surface area (Å²) < 4.78 is 35.3.